The lowest BCUT2D eigenvalue weighted by molar-refractivity contribution is 1.18. The summed E-state index contributed by atoms with van der Waals surface area (Å²) in [6, 6.07) is 24.6. The minimum Gasteiger partial charge on any atom is -0.265 e. The quantitative estimate of drug-likeness (QED) is 0.542. The maximum absolute atomic E-state index is 4.42. The van der Waals surface area contributed by atoms with Gasteiger partial charge in [0.05, 0.1) is 11.4 Å². The van der Waals surface area contributed by atoms with Gasteiger partial charge in [-0.05, 0) is 29.3 Å². The summed E-state index contributed by atoms with van der Waals surface area (Å²) in [4.78, 5) is 12.9. The van der Waals surface area contributed by atoms with Crippen molar-refractivity contribution in [3.05, 3.63) is 91.5 Å². The molecule has 0 atom stereocenters. The number of hydrogen-bond acceptors (Lipinski definition) is 3. The number of hydrogen-bond donors (Lipinski definition) is 0. The summed E-state index contributed by atoms with van der Waals surface area (Å²) in [7, 11) is 0. The fraction of sp³-hybridized carbons (Fsp3) is 0. The molecular formula is C21H15N3. The van der Waals surface area contributed by atoms with Crippen molar-refractivity contribution in [1.29, 1.82) is 0 Å². The first-order chi connectivity index (χ1) is 11.9. The smallest absolute Gasteiger partial charge is 0.116 e. The van der Waals surface area contributed by atoms with E-state index in [0.717, 1.165) is 28.1 Å². The fourth-order valence-electron chi connectivity index (χ4n) is 2.66. The number of rotatable bonds is 3. The van der Waals surface area contributed by atoms with E-state index in [0.29, 0.717) is 0 Å². The van der Waals surface area contributed by atoms with Crippen molar-refractivity contribution in [3.63, 3.8) is 0 Å². The monoisotopic (exact) mass is 309 g/mol. The Bertz CT molecular complexity index is 933. The maximum Gasteiger partial charge on any atom is 0.116 e. The van der Waals surface area contributed by atoms with Crippen molar-refractivity contribution < 1.29 is 0 Å². The average molecular weight is 309 g/mol. The molecule has 24 heavy (non-hydrogen) atoms. The predicted molar refractivity (Wildman–Crippen MR) is 96.1 cm³/mol. The second kappa shape index (κ2) is 6.42. The van der Waals surface area contributed by atoms with Gasteiger partial charge >= 0.3 is 0 Å². The highest BCUT2D eigenvalue weighted by molar-refractivity contribution is 5.71. The molecule has 0 radical (unpaired) electrons. The Labute approximate surface area is 140 Å². The van der Waals surface area contributed by atoms with Crippen LogP contribution in [0.5, 0.6) is 0 Å². The van der Waals surface area contributed by atoms with E-state index in [1.165, 1.54) is 5.56 Å². The number of benzene rings is 2. The van der Waals surface area contributed by atoms with Crippen LogP contribution in [0.3, 0.4) is 0 Å². The van der Waals surface area contributed by atoms with Gasteiger partial charge in [-0.3, -0.25) is 4.98 Å². The van der Waals surface area contributed by atoms with Crippen LogP contribution in [0.25, 0.3) is 33.6 Å². The molecule has 3 heteroatoms. The molecule has 0 saturated heterocycles. The Hall–Kier alpha value is -3.33. The van der Waals surface area contributed by atoms with Gasteiger partial charge in [0.15, 0.2) is 0 Å². The molecular weight excluding hydrogens is 294 g/mol. The van der Waals surface area contributed by atoms with Crippen LogP contribution in [0, 0.1) is 0 Å². The minimum atomic E-state index is 0.921. The molecule has 0 saturated carbocycles. The number of aromatic nitrogens is 3. The third-order valence-electron chi connectivity index (χ3n) is 3.93. The average Bonchev–Trinajstić information content (AvgIpc) is 2.70. The summed E-state index contributed by atoms with van der Waals surface area (Å²) < 4.78 is 0. The van der Waals surface area contributed by atoms with Crippen LogP contribution < -0.4 is 0 Å². The highest BCUT2D eigenvalue weighted by atomic mass is 14.8. The van der Waals surface area contributed by atoms with E-state index in [9.17, 15) is 0 Å². The zero-order chi connectivity index (χ0) is 16.2. The third kappa shape index (κ3) is 2.92. The molecule has 0 bridgehead atoms. The van der Waals surface area contributed by atoms with Crippen molar-refractivity contribution in [1.82, 2.24) is 15.0 Å². The van der Waals surface area contributed by atoms with Gasteiger partial charge < -0.3 is 0 Å². The largest absolute Gasteiger partial charge is 0.265 e. The standard InChI is InChI=1S/C21H15N3/c1-2-4-18(5-3-1)20-14-21(24-15-23-20)19-8-6-16(7-9-19)17-10-12-22-13-11-17/h1-15H. The lowest BCUT2D eigenvalue weighted by Crippen LogP contribution is -1.89. The van der Waals surface area contributed by atoms with Crippen molar-refractivity contribution in [2.24, 2.45) is 0 Å². The molecule has 0 fully saturated rings. The van der Waals surface area contributed by atoms with Crippen molar-refractivity contribution in [2.45, 2.75) is 0 Å². The van der Waals surface area contributed by atoms with Crippen molar-refractivity contribution in [2.75, 3.05) is 0 Å². The van der Waals surface area contributed by atoms with E-state index in [1.54, 1.807) is 18.7 Å². The Kier molecular flexibility index (Phi) is 3.82. The zero-order valence-corrected chi connectivity index (χ0v) is 13.0. The first-order valence-electron chi connectivity index (χ1n) is 7.78. The minimum absolute atomic E-state index is 0.921. The molecule has 2 aromatic carbocycles. The molecule has 2 heterocycles. The normalized spacial score (nSPS) is 10.5. The van der Waals surface area contributed by atoms with Gasteiger partial charge in [-0.15, -0.1) is 0 Å². The Balaban J connectivity index is 1.67. The van der Waals surface area contributed by atoms with Crippen LogP contribution in [-0.4, -0.2) is 15.0 Å². The topological polar surface area (TPSA) is 38.7 Å². The third-order valence-corrected chi connectivity index (χ3v) is 3.93. The summed E-state index contributed by atoms with van der Waals surface area (Å²) in [5, 5.41) is 0. The predicted octanol–water partition coefficient (Wildman–Crippen LogP) is 4.87. The Morgan fingerprint density at radius 1 is 0.500 bits per heavy atom. The molecule has 4 aromatic rings. The van der Waals surface area contributed by atoms with Crippen LogP contribution in [0.15, 0.2) is 91.5 Å². The summed E-state index contributed by atoms with van der Waals surface area (Å²) in [6.07, 6.45) is 5.23. The lowest BCUT2D eigenvalue weighted by Gasteiger charge is -2.06. The fourth-order valence-corrected chi connectivity index (χ4v) is 2.66. The van der Waals surface area contributed by atoms with Crippen LogP contribution in [0.1, 0.15) is 0 Å². The maximum atomic E-state index is 4.42. The van der Waals surface area contributed by atoms with Gasteiger partial charge in [-0.1, -0.05) is 54.6 Å². The van der Waals surface area contributed by atoms with E-state index in [4.69, 9.17) is 0 Å². The van der Waals surface area contributed by atoms with Gasteiger partial charge in [-0.2, -0.15) is 0 Å². The lowest BCUT2D eigenvalue weighted by atomic mass is 10.0. The molecule has 3 nitrogen and oxygen atoms in total. The first-order valence-corrected chi connectivity index (χ1v) is 7.78. The molecule has 0 aliphatic heterocycles. The van der Waals surface area contributed by atoms with E-state index < -0.39 is 0 Å². The van der Waals surface area contributed by atoms with E-state index >= 15 is 0 Å². The molecule has 114 valence electrons. The van der Waals surface area contributed by atoms with Gasteiger partial charge in [0.25, 0.3) is 0 Å². The molecule has 0 N–H and O–H groups in total. The summed E-state index contributed by atoms with van der Waals surface area (Å²) in [5.74, 6) is 0. The number of pyridine rings is 1. The highest BCUT2D eigenvalue weighted by Gasteiger charge is 2.05. The summed E-state index contributed by atoms with van der Waals surface area (Å²) >= 11 is 0. The zero-order valence-electron chi connectivity index (χ0n) is 13.0. The van der Waals surface area contributed by atoms with Gasteiger partial charge in [0.1, 0.15) is 6.33 Å². The molecule has 2 aromatic heterocycles. The van der Waals surface area contributed by atoms with Crippen LogP contribution in [-0.2, 0) is 0 Å². The van der Waals surface area contributed by atoms with Gasteiger partial charge in [0, 0.05) is 23.5 Å². The van der Waals surface area contributed by atoms with Gasteiger partial charge in [-0.25, -0.2) is 9.97 Å². The molecule has 0 aliphatic rings. The molecule has 0 unspecified atom stereocenters. The van der Waals surface area contributed by atoms with Gasteiger partial charge in [0.2, 0.25) is 0 Å². The van der Waals surface area contributed by atoms with Crippen molar-refractivity contribution in [3.8, 4) is 33.6 Å². The van der Waals surface area contributed by atoms with Crippen LogP contribution >= 0.6 is 0 Å². The SMILES string of the molecule is c1ccc(-c2cc(-c3ccc(-c4ccncc4)cc3)ncn2)cc1. The highest BCUT2D eigenvalue weighted by Crippen LogP contribution is 2.25. The Morgan fingerprint density at radius 3 is 1.71 bits per heavy atom. The molecule has 0 aliphatic carbocycles. The second-order valence-corrected chi connectivity index (χ2v) is 5.47. The molecule has 4 rings (SSSR count). The first kappa shape index (κ1) is 14.3. The van der Waals surface area contributed by atoms with E-state index in [-0.39, 0.29) is 0 Å². The van der Waals surface area contributed by atoms with Crippen LogP contribution in [0.4, 0.5) is 0 Å². The van der Waals surface area contributed by atoms with E-state index in [1.807, 2.05) is 36.4 Å². The molecule has 0 spiro atoms. The summed E-state index contributed by atoms with van der Waals surface area (Å²) in [5.41, 5.74) is 6.34. The summed E-state index contributed by atoms with van der Waals surface area (Å²) in [6.45, 7) is 0. The second-order valence-electron chi connectivity index (χ2n) is 5.47. The Morgan fingerprint density at radius 2 is 1.04 bits per heavy atom. The van der Waals surface area contributed by atoms with Crippen LogP contribution in [0.2, 0.25) is 0 Å². The molecule has 0 amide bonds. The van der Waals surface area contributed by atoms with Crippen molar-refractivity contribution >= 4 is 0 Å². The van der Waals surface area contributed by atoms with E-state index in [2.05, 4.69) is 51.4 Å². The number of nitrogens with zero attached hydrogens (tertiary/aromatic N) is 3.